The zero-order valence-electron chi connectivity index (χ0n) is 6.80. The molecule has 1 atom stereocenters. The van der Waals surface area contributed by atoms with Gasteiger partial charge in [-0.2, -0.15) is 0 Å². The largest absolute Gasteiger partial charge is 0.367 e. The van der Waals surface area contributed by atoms with Crippen molar-refractivity contribution < 1.29 is 4.79 Å². The van der Waals surface area contributed by atoms with E-state index in [1.165, 1.54) is 0 Å². The summed E-state index contributed by atoms with van der Waals surface area (Å²) in [6, 6.07) is -0.596. The number of aromatic amines is 1. The van der Waals surface area contributed by atoms with Gasteiger partial charge in [0.1, 0.15) is 0 Å². The lowest BCUT2D eigenvalue weighted by molar-refractivity contribution is -0.112. The van der Waals surface area contributed by atoms with Crippen LogP contribution >= 0.6 is 11.6 Å². The highest BCUT2D eigenvalue weighted by Gasteiger charge is 2.12. The van der Waals surface area contributed by atoms with E-state index in [-0.39, 0.29) is 0 Å². The van der Waals surface area contributed by atoms with Crippen molar-refractivity contribution in [1.29, 1.82) is 0 Å². The van der Waals surface area contributed by atoms with Crippen LogP contribution in [0.15, 0.2) is 12.4 Å². The zero-order chi connectivity index (χ0) is 9.14. The molecule has 4 heteroatoms. The lowest BCUT2D eigenvalue weighted by Crippen LogP contribution is -2.29. The van der Waals surface area contributed by atoms with E-state index in [9.17, 15) is 4.79 Å². The Labute approximate surface area is 75.9 Å². The van der Waals surface area contributed by atoms with E-state index in [0.29, 0.717) is 6.42 Å². The number of nitrogens with one attached hydrogen (secondary N) is 1. The molecule has 0 spiro atoms. The number of hydrogen-bond donors (Lipinski definition) is 2. The van der Waals surface area contributed by atoms with Gasteiger partial charge in [-0.1, -0.05) is 0 Å². The first-order valence-electron chi connectivity index (χ1n) is 3.68. The number of hydrogen-bond acceptors (Lipinski definition) is 2. The maximum Gasteiger partial charge on any atom is 0.238 e. The molecule has 0 aliphatic carbocycles. The fourth-order valence-corrected chi connectivity index (χ4v) is 1.09. The summed E-state index contributed by atoms with van der Waals surface area (Å²) in [5, 5.41) is -0.490. The molecule has 0 amide bonds. The smallest absolute Gasteiger partial charge is 0.238 e. The van der Waals surface area contributed by atoms with Gasteiger partial charge in [-0.15, -0.1) is 0 Å². The number of aryl methyl sites for hydroxylation is 1. The third-order valence-corrected chi connectivity index (χ3v) is 2.08. The monoisotopic (exact) mass is 186 g/mol. The summed E-state index contributed by atoms with van der Waals surface area (Å²) < 4.78 is 0. The van der Waals surface area contributed by atoms with Crippen LogP contribution in [0.5, 0.6) is 0 Å². The van der Waals surface area contributed by atoms with Crippen LogP contribution < -0.4 is 5.73 Å². The van der Waals surface area contributed by atoms with Crippen molar-refractivity contribution in [3.05, 3.63) is 23.5 Å². The number of rotatable bonds is 3. The molecular weight excluding hydrogens is 176 g/mol. The fourth-order valence-electron chi connectivity index (χ4n) is 1.01. The summed E-state index contributed by atoms with van der Waals surface area (Å²) in [6.07, 6.45) is 4.19. The lowest BCUT2D eigenvalue weighted by atomic mass is 10.1. The van der Waals surface area contributed by atoms with E-state index >= 15 is 0 Å². The van der Waals surface area contributed by atoms with Crippen LogP contribution in [0.4, 0.5) is 0 Å². The highest BCUT2D eigenvalue weighted by Crippen LogP contribution is 2.08. The number of halogens is 1. The number of carbonyl (C=O) groups is 1. The van der Waals surface area contributed by atoms with Gasteiger partial charge in [-0.05, 0) is 36.1 Å². The Hall–Kier alpha value is -0.800. The predicted molar refractivity (Wildman–Crippen MR) is 48.1 cm³/mol. The molecule has 66 valence electrons. The minimum absolute atomic E-state index is 0.490. The van der Waals surface area contributed by atoms with Gasteiger partial charge >= 0.3 is 0 Å². The number of H-pyrrole nitrogens is 1. The molecule has 3 nitrogen and oxygen atoms in total. The molecule has 1 aromatic heterocycles. The lowest BCUT2D eigenvalue weighted by Gasteiger charge is -2.04. The average Bonchev–Trinajstić information content (AvgIpc) is 2.36. The molecule has 0 saturated heterocycles. The van der Waals surface area contributed by atoms with Crippen LogP contribution in [0, 0.1) is 6.92 Å². The second-order valence-corrected chi connectivity index (χ2v) is 3.15. The molecule has 0 fully saturated rings. The normalized spacial score (nSPS) is 12.9. The van der Waals surface area contributed by atoms with Crippen LogP contribution in [0.25, 0.3) is 0 Å². The van der Waals surface area contributed by atoms with E-state index in [2.05, 4.69) is 4.98 Å². The quantitative estimate of drug-likeness (QED) is 0.691. The second-order valence-electron chi connectivity index (χ2n) is 2.78. The summed E-state index contributed by atoms with van der Waals surface area (Å²) in [5.74, 6) is 0. The minimum Gasteiger partial charge on any atom is -0.367 e. The molecule has 3 N–H and O–H groups in total. The summed E-state index contributed by atoms with van der Waals surface area (Å²) in [6.45, 7) is 1.96. The highest BCUT2D eigenvalue weighted by atomic mass is 35.5. The molecule has 0 saturated carbocycles. The van der Waals surface area contributed by atoms with Crippen molar-refractivity contribution in [1.82, 2.24) is 4.98 Å². The molecule has 0 aliphatic rings. The van der Waals surface area contributed by atoms with Gasteiger partial charge in [0.05, 0.1) is 6.04 Å². The van der Waals surface area contributed by atoms with Gasteiger partial charge in [-0.3, -0.25) is 4.79 Å². The number of aromatic nitrogens is 1. The fraction of sp³-hybridized carbons (Fsp3) is 0.375. The minimum atomic E-state index is -0.596. The summed E-state index contributed by atoms with van der Waals surface area (Å²) in [4.78, 5) is 13.5. The van der Waals surface area contributed by atoms with Crippen LogP contribution in [0.2, 0.25) is 0 Å². The van der Waals surface area contributed by atoms with Gasteiger partial charge in [0.25, 0.3) is 0 Å². The third-order valence-electron chi connectivity index (χ3n) is 1.80. The Bertz CT molecular complexity index is 282. The van der Waals surface area contributed by atoms with Gasteiger partial charge in [-0.25, -0.2) is 0 Å². The average molecular weight is 187 g/mol. The molecule has 0 radical (unpaired) electrons. The molecule has 1 unspecified atom stereocenters. The Morgan fingerprint density at radius 3 is 2.83 bits per heavy atom. The first-order chi connectivity index (χ1) is 5.61. The molecule has 0 aromatic carbocycles. The van der Waals surface area contributed by atoms with E-state index in [1.807, 2.05) is 19.3 Å². The van der Waals surface area contributed by atoms with E-state index in [4.69, 9.17) is 17.3 Å². The van der Waals surface area contributed by atoms with E-state index in [1.54, 1.807) is 0 Å². The van der Waals surface area contributed by atoms with Crippen LogP contribution in [-0.4, -0.2) is 16.3 Å². The SMILES string of the molecule is Cc1c[nH]cc1CC(N)C(=O)Cl. The summed E-state index contributed by atoms with van der Waals surface area (Å²) in [7, 11) is 0. The zero-order valence-corrected chi connectivity index (χ0v) is 7.56. The Balaban J connectivity index is 2.64. The standard InChI is InChI=1S/C8H11ClN2O/c1-5-3-11-4-6(5)2-7(10)8(9)12/h3-4,7,11H,2,10H2,1H3. The van der Waals surface area contributed by atoms with E-state index in [0.717, 1.165) is 11.1 Å². The first kappa shape index (κ1) is 9.29. The van der Waals surface area contributed by atoms with Crippen molar-refractivity contribution in [2.45, 2.75) is 19.4 Å². The van der Waals surface area contributed by atoms with Crippen molar-refractivity contribution in [2.24, 2.45) is 5.73 Å². The van der Waals surface area contributed by atoms with Crippen molar-refractivity contribution in [3.63, 3.8) is 0 Å². The Morgan fingerprint density at radius 2 is 2.42 bits per heavy atom. The Kier molecular flexibility index (Phi) is 2.89. The molecule has 1 aromatic rings. The number of nitrogens with two attached hydrogens (primary N) is 1. The maximum atomic E-state index is 10.6. The highest BCUT2D eigenvalue weighted by molar-refractivity contribution is 6.64. The van der Waals surface area contributed by atoms with Crippen molar-refractivity contribution >= 4 is 16.8 Å². The second kappa shape index (κ2) is 3.74. The number of carbonyl (C=O) groups excluding carboxylic acids is 1. The summed E-state index contributed by atoms with van der Waals surface area (Å²) >= 11 is 5.22. The van der Waals surface area contributed by atoms with E-state index < -0.39 is 11.3 Å². The Morgan fingerprint density at radius 1 is 1.75 bits per heavy atom. The molecule has 0 bridgehead atoms. The van der Waals surface area contributed by atoms with Crippen molar-refractivity contribution in [2.75, 3.05) is 0 Å². The molecule has 12 heavy (non-hydrogen) atoms. The van der Waals surface area contributed by atoms with Crippen LogP contribution in [0.1, 0.15) is 11.1 Å². The topological polar surface area (TPSA) is 58.9 Å². The predicted octanol–water partition coefficient (Wildman–Crippen LogP) is 0.958. The molecule has 0 aliphatic heterocycles. The molecular formula is C8H11ClN2O. The maximum absolute atomic E-state index is 10.6. The van der Waals surface area contributed by atoms with Crippen LogP contribution in [-0.2, 0) is 11.2 Å². The van der Waals surface area contributed by atoms with Gasteiger partial charge in [0.15, 0.2) is 0 Å². The van der Waals surface area contributed by atoms with Gasteiger partial charge < -0.3 is 10.7 Å². The summed E-state index contributed by atoms with van der Waals surface area (Å²) in [5.41, 5.74) is 7.62. The molecule has 1 heterocycles. The van der Waals surface area contributed by atoms with Crippen LogP contribution in [0.3, 0.4) is 0 Å². The van der Waals surface area contributed by atoms with Crippen molar-refractivity contribution in [3.8, 4) is 0 Å². The first-order valence-corrected chi connectivity index (χ1v) is 4.06. The third kappa shape index (κ3) is 2.09. The van der Waals surface area contributed by atoms with Gasteiger partial charge in [0, 0.05) is 12.4 Å². The molecule has 1 rings (SSSR count). The van der Waals surface area contributed by atoms with Gasteiger partial charge in [0.2, 0.25) is 5.24 Å².